The van der Waals surface area contributed by atoms with Gasteiger partial charge in [-0.1, -0.05) is 32.6 Å². The molecule has 4 heteroatoms. The number of methoxy groups -OCH3 is 1. The van der Waals surface area contributed by atoms with Crippen LogP contribution in [0.3, 0.4) is 0 Å². The molecule has 0 aliphatic carbocycles. The molecule has 0 amide bonds. The van der Waals surface area contributed by atoms with Crippen LogP contribution in [0, 0.1) is 5.41 Å². The van der Waals surface area contributed by atoms with Crippen LogP contribution in [0.4, 0.5) is 0 Å². The molecule has 3 aromatic rings. The molecular weight excluding hydrogens is 320 g/mol. The largest absolute Gasteiger partial charge is 0.462 e. The van der Waals surface area contributed by atoms with Crippen LogP contribution in [0.1, 0.15) is 13.8 Å². The fourth-order valence-corrected chi connectivity index (χ4v) is 3.67. The molecule has 0 radical (unpaired) electrons. The van der Waals surface area contributed by atoms with E-state index in [1.807, 2.05) is 56.3 Å². The molecule has 0 aliphatic heterocycles. The van der Waals surface area contributed by atoms with E-state index < -0.39 is 0 Å². The molecule has 0 spiro atoms. The molecule has 3 nitrogen and oxygen atoms in total. The molecule has 3 rings (SSSR count). The molecule has 1 aromatic heterocycles. The zero-order valence-corrected chi connectivity index (χ0v) is 14.9. The van der Waals surface area contributed by atoms with Crippen molar-refractivity contribution in [2.75, 3.05) is 13.7 Å². The van der Waals surface area contributed by atoms with Gasteiger partial charge < -0.3 is 9.47 Å². The topological polar surface area (TPSA) is 35.5 Å². The summed E-state index contributed by atoms with van der Waals surface area (Å²) in [5, 5.41) is 1.47. The lowest BCUT2D eigenvalue weighted by Gasteiger charge is -2.26. The Morgan fingerprint density at radius 3 is 2.58 bits per heavy atom. The van der Waals surface area contributed by atoms with Crippen molar-refractivity contribution in [2.24, 2.45) is 5.41 Å². The molecule has 0 saturated heterocycles. The minimum absolute atomic E-state index is 0.0597. The van der Waals surface area contributed by atoms with Crippen molar-refractivity contribution in [1.82, 2.24) is 0 Å². The molecule has 0 aliphatic rings. The molecule has 1 heterocycles. The number of rotatable bonds is 5. The molecule has 0 atom stereocenters. The maximum Gasteiger partial charge on any atom is 0.195 e. The highest BCUT2D eigenvalue weighted by Crippen LogP contribution is 2.31. The molecule has 0 saturated carbocycles. The normalized spacial score (nSPS) is 11.8. The summed E-state index contributed by atoms with van der Waals surface area (Å²) in [5.41, 5.74) is -0.232. The van der Waals surface area contributed by atoms with Crippen LogP contribution >= 0.6 is 11.3 Å². The van der Waals surface area contributed by atoms with Crippen LogP contribution in [0.15, 0.2) is 59.6 Å². The standard InChI is InChI=1S/C20H20O3S/c1-13(20(2,3)12-22-4)23-14-9-10-16-18(11-14)24-17-8-6-5-7-15(17)19(16)21/h5-11H,1,12H2,2-4H3. The van der Waals surface area contributed by atoms with Crippen molar-refractivity contribution in [3.8, 4) is 5.75 Å². The average molecular weight is 340 g/mol. The molecule has 124 valence electrons. The third kappa shape index (κ3) is 3.07. The van der Waals surface area contributed by atoms with Gasteiger partial charge in [0.1, 0.15) is 11.5 Å². The second-order valence-electron chi connectivity index (χ2n) is 6.43. The van der Waals surface area contributed by atoms with Crippen molar-refractivity contribution in [2.45, 2.75) is 13.8 Å². The quantitative estimate of drug-likeness (QED) is 0.485. The lowest BCUT2D eigenvalue weighted by molar-refractivity contribution is 0.102. The zero-order chi connectivity index (χ0) is 17.3. The van der Waals surface area contributed by atoms with E-state index in [2.05, 4.69) is 6.58 Å². The van der Waals surface area contributed by atoms with Crippen LogP contribution in [0.5, 0.6) is 5.75 Å². The second-order valence-corrected chi connectivity index (χ2v) is 7.51. The molecule has 0 fully saturated rings. The van der Waals surface area contributed by atoms with E-state index in [-0.39, 0.29) is 10.8 Å². The fourth-order valence-electron chi connectivity index (χ4n) is 2.57. The van der Waals surface area contributed by atoms with E-state index in [4.69, 9.17) is 9.47 Å². The van der Waals surface area contributed by atoms with E-state index >= 15 is 0 Å². The number of fused-ring (bicyclic) bond motifs is 2. The number of benzene rings is 2. The third-order valence-corrected chi connectivity index (χ3v) is 5.18. The minimum Gasteiger partial charge on any atom is -0.462 e. The Hall–Kier alpha value is -2.17. The van der Waals surface area contributed by atoms with Gasteiger partial charge in [-0.2, -0.15) is 0 Å². The van der Waals surface area contributed by atoms with Crippen LogP contribution < -0.4 is 10.2 Å². The van der Waals surface area contributed by atoms with Gasteiger partial charge in [-0.15, -0.1) is 11.3 Å². The van der Waals surface area contributed by atoms with Gasteiger partial charge in [0, 0.05) is 32.7 Å². The van der Waals surface area contributed by atoms with Crippen LogP contribution in [0.2, 0.25) is 0 Å². The highest BCUT2D eigenvalue weighted by atomic mass is 32.1. The fraction of sp³-hybridized carbons (Fsp3) is 0.250. The maximum atomic E-state index is 12.6. The minimum atomic E-state index is -0.291. The Bertz CT molecular complexity index is 969. The SMILES string of the molecule is C=C(Oc1ccc2c(=O)c3ccccc3sc2c1)C(C)(C)COC. The smallest absolute Gasteiger partial charge is 0.195 e. The van der Waals surface area contributed by atoms with E-state index in [9.17, 15) is 4.79 Å². The molecule has 24 heavy (non-hydrogen) atoms. The molecular formula is C20H20O3S. The van der Waals surface area contributed by atoms with Crippen LogP contribution in [-0.2, 0) is 4.74 Å². The van der Waals surface area contributed by atoms with Crippen LogP contribution in [-0.4, -0.2) is 13.7 Å². The van der Waals surface area contributed by atoms with Gasteiger partial charge in [-0.3, -0.25) is 4.79 Å². The first-order chi connectivity index (χ1) is 11.4. The van der Waals surface area contributed by atoms with Gasteiger partial charge in [0.15, 0.2) is 5.43 Å². The zero-order valence-electron chi connectivity index (χ0n) is 14.1. The van der Waals surface area contributed by atoms with Gasteiger partial charge in [0.25, 0.3) is 0 Å². The van der Waals surface area contributed by atoms with Crippen molar-refractivity contribution in [1.29, 1.82) is 0 Å². The van der Waals surface area contributed by atoms with E-state index in [1.54, 1.807) is 18.4 Å². The Morgan fingerprint density at radius 2 is 1.83 bits per heavy atom. The Morgan fingerprint density at radius 1 is 1.12 bits per heavy atom. The predicted molar refractivity (Wildman–Crippen MR) is 101 cm³/mol. The average Bonchev–Trinajstić information content (AvgIpc) is 2.55. The summed E-state index contributed by atoms with van der Waals surface area (Å²) in [4.78, 5) is 12.6. The van der Waals surface area contributed by atoms with Gasteiger partial charge in [0.05, 0.1) is 6.61 Å². The lowest BCUT2D eigenvalue weighted by atomic mass is 9.93. The monoisotopic (exact) mass is 340 g/mol. The van der Waals surface area contributed by atoms with Gasteiger partial charge in [0.2, 0.25) is 0 Å². The first-order valence-corrected chi connectivity index (χ1v) is 8.56. The summed E-state index contributed by atoms with van der Waals surface area (Å²) in [6.45, 7) is 8.59. The summed E-state index contributed by atoms with van der Waals surface area (Å²) < 4.78 is 13.0. The molecule has 0 unspecified atom stereocenters. The van der Waals surface area contributed by atoms with Crippen LogP contribution in [0.25, 0.3) is 20.2 Å². The van der Waals surface area contributed by atoms with E-state index in [0.717, 1.165) is 14.8 Å². The maximum absolute atomic E-state index is 12.6. The summed E-state index contributed by atoms with van der Waals surface area (Å²) >= 11 is 1.59. The summed E-state index contributed by atoms with van der Waals surface area (Å²) in [5.74, 6) is 1.32. The van der Waals surface area contributed by atoms with Gasteiger partial charge in [-0.25, -0.2) is 0 Å². The Labute approximate surface area is 145 Å². The Balaban J connectivity index is 2.01. The first-order valence-electron chi connectivity index (χ1n) is 7.74. The van der Waals surface area contributed by atoms with Crippen molar-refractivity contribution >= 4 is 31.5 Å². The summed E-state index contributed by atoms with van der Waals surface area (Å²) in [6, 6.07) is 13.2. The van der Waals surface area contributed by atoms with Crippen molar-refractivity contribution in [3.63, 3.8) is 0 Å². The summed E-state index contributed by atoms with van der Waals surface area (Å²) in [7, 11) is 1.66. The van der Waals surface area contributed by atoms with E-state index in [1.165, 1.54) is 0 Å². The van der Waals surface area contributed by atoms with Gasteiger partial charge in [-0.05, 0) is 30.3 Å². The lowest BCUT2D eigenvalue weighted by Crippen LogP contribution is -2.23. The summed E-state index contributed by atoms with van der Waals surface area (Å²) in [6.07, 6.45) is 0. The number of ether oxygens (including phenoxy) is 2. The molecule has 0 bridgehead atoms. The second kappa shape index (κ2) is 6.38. The third-order valence-electron chi connectivity index (χ3n) is 4.05. The predicted octanol–water partition coefficient (Wildman–Crippen LogP) is 4.98. The molecule has 2 aromatic carbocycles. The highest BCUT2D eigenvalue weighted by molar-refractivity contribution is 7.24. The Kier molecular flexibility index (Phi) is 4.43. The number of hydrogen-bond donors (Lipinski definition) is 0. The van der Waals surface area contributed by atoms with Crippen molar-refractivity contribution < 1.29 is 9.47 Å². The number of hydrogen-bond acceptors (Lipinski definition) is 4. The van der Waals surface area contributed by atoms with E-state index in [0.29, 0.717) is 23.5 Å². The highest BCUT2D eigenvalue weighted by Gasteiger charge is 2.24. The first kappa shape index (κ1) is 16.7. The molecule has 0 N–H and O–H groups in total. The van der Waals surface area contributed by atoms with Crippen molar-refractivity contribution in [3.05, 3.63) is 65.0 Å². The van der Waals surface area contributed by atoms with Gasteiger partial charge >= 0.3 is 0 Å².